The Hall–Kier alpha value is -1.09. The van der Waals surface area contributed by atoms with Crippen LogP contribution in [0.2, 0.25) is 5.02 Å². The van der Waals surface area contributed by atoms with E-state index in [9.17, 15) is 13.2 Å². The minimum Gasteiger partial charge on any atom is -0.324 e. The van der Waals surface area contributed by atoms with Crippen molar-refractivity contribution >= 4 is 45.8 Å². The summed E-state index contributed by atoms with van der Waals surface area (Å²) in [5.41, 5.74) is -1.000. The Labute approximate surface area is 125 Å². The Balaban J connectivity index is 2.37. The minimum atomic E-state index is -4.50. The largest absolute Gasteiger partial charge is 0.418 e. The van der Waals surface area contributed by atoms with Gasteiger partial charge in [0, 0.05) is 21.0 Å². The molecule has 1 heterocycles. The van der Waals surface area contributed by atoms with Crippen molar-refractivity contribution in [2.75, 3.05) is 5.32 Å². The summed E-state index contributed by atoms with van der Waals surface area (Å²) in [6.07, 6.45) is -1.51. The van der Waals surface area contributed by atoms with Crippen LogP contribution in [0.4, 0.5) is 24.8 Å². The summed E-state index contributed by atoms with van der Waals surface area (Å²) in [4.78, 5) is 7.78. The highest BCUT2D eigenvalue weighted by atomic mass is 127. The third kappa shape index (κ3) is 3.69. The summed E-state index contributed by atoms with van der Waals surface area (Å²) in [5, 5.41) is 2.54. The maximum atomic E-state index is 12.9. The first-order valence-electron chi connectivity index (χ1n) is 4.97. The molecule has 0 spiro atoms. The van der Waals surface area contributed by atoms with E-state index in [1.165, 1.54) is 24.5 Å². The van der Waals surface area contributed by atoms with E-state index in [0.717, 1.165) is 9.64 Å². The fourth-order valence-electron chi connectivity index (χ4n) is 1.36. The number of rotatable bonds is 2. The van der Waals surface area contributed by atoms with Crippen LogP contribution in [-0.2, 0) is 6.18 Å². The third-order valence-corrected chi connectivity index (χ3v) is 2.95. The van der Waals surface area contributed by atoms with Gasteiger partial charge in [-0.3, -0.25) is 0 Å². The lowest BCUT2D eigenvalue weighted by Gasteiger charge is -2.13. The maximum absolute atomic E-state index is 12.9. The van der Waals surface area contributed by atoms with E-state index in [2.05, 4.69) is 15.3 Å². The van der Waals surface area contributed by atoms with Crippen LogP contribution in [0.3, 0.4) is 0 Å². The summed E-state index contributed by atoms with van der Waals surface area (Å²) >= 11 is 7.59. The average molecular weight is 400 g/mol. The van der Waals surface area contributed by atoms with Gasteiger partial charge in [0.1, 0.15) is 0 Å². The van der Waals surface area contributed by atoms with E-state index in [-0.39, 0.29) is 16.7 Å². The van der Waals surface area contributed by atoms with E-state index in [4.69, 9.17) is 11.6 Å². The van der Waals surface area contributed by atoms with Crippen LogP contribution in [0.5, 0.6) is 0 Å². The molecule has 1 aromatic heterocycles. The fraction of sp³-hybridized carbons (Fsp3) is 0.0909. The molecule has 0 amide bonds. The molecule has 8 heteroatoms. The second kappa shape index (κ2) is 5.49. The summed E-state index contributed by atoms with van der Waals surface area (Å²) < 4.78 is 39.4. The Morgan fingerprint density at radius 1 is 1.16 bits per heavy atom. The van der Waals surface area contributed by atoms with Crippen molar-refractivity contribution in [3.8, 4) is 0 Å². The van der Waals surface area contributed by atoms with Crippen LogP contribution in [0.15, 0.2) is 30.6 Å². The lowest BCUT2D eigenvalue weighted by atomic mass is 10.1. The molecular formula is C11H6ClF3IN3. The zero-order chi connectivity index (χ0) is 14.0. The maximum Gasteiger partial charge on any atom is 0.418 e. The van der Waals surface area contributed by atoms with Crippen molar-refractivity contribution in [3.63, 3.8) is 0 Å². The lowest BCUT2D eigenvalue weighted by molar-refractivity contribution is -0.136. The minimum absolute atomic E-state index is 0.0152. The van der Waals surface area contributed by atoms with Gasteiger partial charge < -0.3 is 5.32 Å². The van der Waals surface area contributed by atoms with Gasteiger partial charge in [-0.05, 0) is 40.8 Å². The van der Waals surface area contributed by atoms with Crippen LogP contribution < -0.4 is 5.32 Å². The Bertz CT molecular complexity index is 587. The Kier molecular flexibility index (Phi) is 4.14. The number of nitrogens with one attached hydrogen (secondary N) is 1. The smallest absolute Gasteiger partial charge is 0.324 e. The first kappa shape index (κ1) is 14.3. The first-order valence-corrected chi connectivity index (χ1v) is 6.43. The average Bonchev–Trinajstić information content (AvgIpc) is 2.33. The molecule has 2 rings (SSSR count). The first-order chi connectivity index (χ1) is 8.86. The zero-order valence-electron chi connectivity index (χ0n) is 9.17. The standard InChI is InChI=1S/C11H6ClF3IN3/c12-6-1-2-9(8(3-6)11(13,14)15)19-10-17-4-7(16)5-18-10/h1-5H,(H,17,18,19). The van der Waals surface area contributed by atoms with Gasteiger partial charge >= 0.3 is 6.18 Å². The highest BCUT2D eigenvalue weighted by Crippen LogP contribution is 2.37. The van der Waals surface area contributed by atoms with Crippen molar-refractivity contribution in [3.05, 3.63) is 44.7 Å². The molecule has 3 nitrogen and oxygen atoms in total. The number of nitrogens with zero attached hydrogens (tertiary/aromatic N) is 2. The van der Waals surface area contributed by atoms with Gasteiger partial charge in [-0.1, -0.05) is 11.6 Å². The molecule has 0 aliphatic carbocycles. The third-order valence-electron chi connectivity index (χ3n) is 2.15. The summed E-state index contributed by atoms with van der Waals surface area (Å²) in [6, 6.07) is 3.47. The molecule has 0 aliphatic heterocycles. The molecule has 0 atom stereocenters. The molecule has 1 aromatic carbocycles. The highest BCUT2D eigenvalue weighted by molar-refractivity contribution is 14.1. The van der Waals surface area contributed by atoms with Gasteiger partial charge in [0.2, 0.25) is 5.95 Å². The number of aromatic nitrogens is 2. The number of alkyl halides is 3. The second-order valence-corrected chi connectivity index (χ2v) is 5.22. The Morgan fingerprint density at radius 3 is 2.37 bits per heavy atom. The molecule has 0 saturated carbocycles. The molecule has 0 radical (unpaired) electrons. The summed E-state index contributed by atoms with van der Waals surface area (Å²) in [5.74, 6) is 0.0910. The van der Waals surface area contributed by atoms with Gasteiger partial charge in [-0.2, -0.15) is 13.2 Å². The molecule has 100 valence electrons. The van der Waals surface area contributed by atoms with Gasteiger partial charge in [-0.25, -0.2) is 9.97 Å². The van der Waals surface area contributed by atoms with Crippen molar-refractivity contribution in [2.24, 2.45) is 0 Å². The van der Waals surface area contributed by atoms with Crippen molar-refractivity contribution < 1.29 is 13.2 Å². The van der Waals surface area contributed by atoms with Crippen LogP contribution in [-0.4, -0.2) is 9.97 Å². The van der Waals surface area contributed by atoms with Crippen molar-refractivity contribution in [1.82, 2.24) is 9.97 Å². The van der Waals surface area contributed by atoms with Crippen LogP contribution in [0.25, 0.3) is 0 Å². The number of anilines is 2. The van der Waals surface area contributed by atoms with Crippen LogP contribution in [0.1, 0.15) is 5.56 Å². The van der Waals surface area contributed by atoms with E-state index < -0.39 is 11.7 Å². The van der Waals surface area contributed by atoms with Gasteiger partial charge in [0.25, 0.3) is 0 Å². The number of hydrogen-bond acceptors (Lipinski definition) is 3. The molecular weight excluding hydrogens is 393 g/mol. The number of hydrogen-bond donors (Lipinski definition) is 1. The normalized spacial score (nSPS) is 11.4. The van der Waals surface area contributed by atoms with E-state index in [1.54, 1.807) is 0 Å². The van der Waals surface area contributed by atoms with Gasteiger partial charge in [0.05, 0.1) is 11.3 Å². The van der Waals surface area contributed by atoms with E-state index in [1.807, 2.05) is 22.6 Å². The quantitative estimate of drug-likeness (QED) is 0.756. The molecule has 0 unspecified atom stereocenters. The molecule has 2 aromatic rings. The second-order valence-electron chi connectivity index (χ2n) is 3.54. The van der Waals surface area contributed by atoms with Crippen molar-refractivity contribution in [2.45, 2.75) is 6.18 Å². The fourth-order valence-corrected chi connectivity index (χ4v) is 1.81. The summed E-state index contributed by atoms with van der Waals surface area (Å²) in [7, 11) is 0. The molecule has 0 aliphatic rings. The lowest BCUT2D eigenvalue weighted by Crippen LogP contribution is -2.09. The van der Waals surface area contributed by atoms with Gasteiger partial charge in [0.15, 0.2) is 0 Å². The number of halogens is 5. The molecule has 0 saturated heterocycles. The molecule has 19 heavy (non-hydrogen) atoms. The highest BCUT2D eigenvalue weighted by Gasteiger charge is 2.34. The van der Waals surface area contributed by atoms with E-state index in [0.29, 0.717) is 0 Å². The van der Waals surface area contributed by atoms with Gasteiger partial charge in [-0.15, -0.1) is 0 Å². The molecule has 0 fully saturated rings. The topological polar surface area (TPSA) is 37.8 Å². The Morgan fingerprint density at radius 2 is 1.79 bits per heavy atom. The predicted octanol–water partition coefficient (Wildman–Crippen LogP) is 4.50. The number of benzene rings is 1. The van der Waals surface area contributed by atoms with Crippen LogP contribution >= 0.6 is 34.2 Å². The molecule has 1 N–H and O–H groups in total. The SMILES string of the molecule is FC(F)(F)c1cc(Cl)ccc1Nc1ncc(I)cn1. The van der Waals surface area contributed by atoms with Crippen LogP contribution in [0, 0.1) is 3.57 Å². The predicted molar refractivity (Wildman–Crippen MR) is 74.5 cm³/mol. The molecule has 0 bridgehead atoms. The van der Waals surface area contributed by atoms with Crippen molar-refractivity contribution in [1.29, 1.82) is 0 Å². The van der Waals surface area contributed by atoms with E-state index >= 15 is 0 Å². The monoisotopic (exact) mass is 399 g/mol. The summed E-state index contributed by atoms with van der Waals surface area (Å²) in [6.45, 7) is 0. The zero-order valence-corrected chi connectivity index (χ0v) is 12.1.